The number of ether oxygens (including phenoxy) is 2. The van der Waals surface area contributed by atoms with E-state index in [1.165, 1.54) is 5.56 Å². The number of methoxy groups -OCH3 is 1. The van der Waals surface area contributed by atoms with Crippen LogP contribution in [0.5, 0.6) is 11.5 Å². The lowest BCUT2D eigenvalue weighted by Gasteiger charge is -2.14. The molecule has 39 heavy (non-hydrogen) atoms. The Kier molecular flexibility index (Phi) is 9.79. The predicted octanol–water partition coefficient (Wildman–Crippen LogP) is 6.61. The van der Waals surface area contributed by atoms with Gasteiger partial charge in [-0.25, -0.2) is 4.98 Å². The molecule has 4 aromatic rings. The number of carbonyl (C=O) groups excluding carboxylic acids is 1. The number of imidazole rings is 1. The number of aromatic nitrogens is 2. The average Bonchev–Trinajstić information content (AvgIpc) is 3.28. The molecule has 6 heteroatoms. The van der Waals surface area contributed by atoms with Gasteiger partial charge in [-0.2, -0.15) is 0 Å². The van der Waals surface area contributed by atoms with Crippen LogP contribution in [0.1, 0.15) is 52.1 Å². The molecule has 1 aromatic heterocycles. The summed E-state index contributed by atoms with van der Waals surface area (Å²) in [4.78, 5) is 17.4. The van der Waals surface area contributed by atoms with Gasteiger partial charge in [0.1, 0.15) is 12.4 Å². The Morgan fingerprint density at radius 3 is 2.67 bits per heavy atom. The SMILES string of the molecule is C=CCc1ccc(OCCn2c(CCCCCNC(=O)c3ccc(C)cc3C)nc3ccccc32)c(OC)c1. The van der Waals surface area contributed by atoms with Gasteiger partial charge >= 0.3 is 0 Å². The van der Waals surface area contributed by atoms with Crippen molar-refractivity contribution in [3.05, 3.63) is 101 Å². The Hall–Kier alpha value is -4.06. The second-order valence-corrected chi connectivity index (χ2v) is 9.88. The number of aryl methyl sites for hydroxylation is 3. The molecule has 0 aliphatic carbocycles. The summed E-state index contributed by atoms with van der Waals surface area (Å²) in [7, 11) is 1.66. The van der Waals surface area contributed by atoms with Crippen molar-refractivity contribution < 1.29 is 14.3 Å². The number of hydrogen-bond donors (Lipinski definition) is 1. The smallest absolute Gasteiger partial charge is 0.251 e. The summed E-state index contributed by atoms with van der Waals surface area (Å²) in [5.74, 6) is 2.53. The molecule has 0 spiro atoms. The number of nitrogens with zero attached hydrogens (tertiary/aromatic N) is 2. The Morgan fingerprint density at radius 2 is 1.87 bits per heavy atom. The monoisotopic (exact) mass is 525 g/mol. The Bertz CT molecular complexity index is 1420. The van der Waals surface area contributed by atoms with Gasteiger partial charge in [0.05, 0.1) is 24.7 Å². The van der Waals surface area contributed by atoms with E-state index in [4.69, 9.17) is 14.5 Å². The number of fused-ring (bicyclic) bond motifs is 1. The van der Waals surface area contributed by atoms with Crippen LogP contribution in [0.25, 0.3) is 11.0 Å². The van der Waals surface area contributed by atoms with E-state index in [1.54, 1.807) is 7.11 Å². The van der Waals surface area contributed by atoms with Crippen LogP contribution in [0, 0.1) is 13.8 Å². The molecule has 1 heterocycles. The van der Waals surface area contributed by atoms with Crippen LogP contribution in [0.4, 0.5) is 0 Å². The highest BCUT2D eigenvalue weighted by Crippen LogP contribution is 2.28. The standard InChI is InChI=1S/C33H39N3O3/c1-5-11-26-16-18-30(31(23-26)38-4)39-21-20-36-29-13-9-8-12-28(29)35-32(36)14-7-6-10-19-34-33(37)27-17-15-24(2)22-25(27)3/h5,8-9,12-13,15-18,22-23H,1,6-7,10-11,14,19-21H2,2-4H3,(H,34,37). The lowest BCUT2D eigenvalue weighted by molar-refractivity contribution is 0.0952. The van der Waals surface area contributed by atoms with Crippen LogP contribution in [-0.4, -0.2) is 35.7 Å². The molecular weight excluding hydrogens is 486 g/mol. The maximum absolute atomic E-state index is 12.5. The highest BCUT2D eigenvalue weighted by molar-refractivity contribution is 5.95. The van der Waals surface area contributed by atoms with E-state index < -0.39 is 0 Å². The molecule has 6 nitrogen and oxygen atoms in total. The van der Waals surface area contributed by atoms with E-state index in [9.17, 15) is 4.79 Å². The largest absolute Gasteiger partial charge is 0.493 e. The van der Waals surface area contributed by atoms with Gasteiger partial charge < -0.3 is 19.4 Å². The summed E-state index contributed by atoms with van der Waals surface area (Å²) < 4.78 is 13.9. The van der Waals surface area contributed by atoms with E-state index in [-0.39, 0.29) is 5.91 Å². The molecule has 0 bridgehead atoms. The number of amides is 1. The highest BCUT2D eigenvalue weighted by Gasteiger charge is 2.12. The number of para-hydroxylation sites is 2. The lowest BCUT2D eigenvalue weighted by Crippen LogP contribution is -2.25. The molecule has 0 radical (unpaired) electrons. The highest BCUT2D eigenvalue weighted by atomic mass is 16.5. The minimum absolute atomic E-state index is 0.00117. The van der Waals surface area contributed by atoms with Crippen molar-refractivity contribution in [3.8, 4) is 11.5 Å². The van der Waals surface area contributed by atoms with E-state index in [2.05, 4.69) is 28.6 Å². The molecule has 3 aromatic carbocycles. The normalized spacial score (nSPS) is 10.9. The third-order valence-corrected chi connectivity index (χ3v) is 6.90. The quantitative estimate of drug-likeness (QED) is 0.149. The molecule has 0 atom stereocenters. The summed E-state index contributed by atoms with van der Waals surface area (Å²) in [5.41, 5.74) is 6.19. The number of rotatable bonds is 14. The number of hydrogen-bond acceptors (Lipinski definition) is 4. The maximum Gasteiger partial charge on any atom is 0.251 e. The lowest BCUT2D eigenvalue weighted by atomic mass is 10.1. The van der Waals surface area contributed by atoms with Gasteiger partial charge in [-0.05, 0) is 74.6 Å². The van der Waals surface area contributed by atoms with Gasteiger partial charge in [0.2, 0.25) is 0 Å². The van der Waals surface area contributed by atoms with Gasteiger partial charge in [-0.3, -0.25) is 4.79 Å². The van der Waals surface area contributed by atoms with Crippen LogP contribution in [-0.2, 0) is 19.4 Å². The van der Waals surface area contributed by atoms with Crippen molar-refractivity contribution in [2.75, 3.05) is 20.3 Å². The minimum Gasteiger partial charge on any atom is -0.493 e. The Morgan fingerprint density at radius 1 is 1.03 bits per heavy atom. The zero-order valence-corrected chi connectivity index (χ0v) is 23.3. The maximum atomic E-state index is 12.5. The zero-order chi connectivity index (χ0) is 27.6. The van der Waals surface area contributed by atoms with Crippen LogP contribution in [0.2, 0.25) is 0 Å². The summed E-state index contributed by atoms with van der Waals surface area (Å²) in [6.45, 7) is 9.70. The molecule has 0 saturated heterocycles. The second-order valence-electron chi connectivity index (χ2n) is 9.88. The fourth-order valence-corrected chi connectivity index (χ4v) is 4.89. The molecule has 1 amide bonds. The van der Waals surface area contributed by atoms with Crippen molar-refractivity contribution in [1.29, 1.82) is 0 Å². The third kappa shape index (κ3) is 7.29. The fourth-order valence-electron chi connectivity index (χ4n) is 4.89. The molecule has 0 unspecified atom stereocenters. The van der Waals surface area contributed by atoms with Gasteiger partial charge in [0, 0.05) is 18.5 Å². The van der Waals surface area contributed by atoms with Crippen molar-refractivity contribution >= 4 is 16.9 Å². The molecule has 1 N–H and O–H groups in total. The topological polar surface area (TPSA) is 65.4 Å². The Balaban J connectivity index is 1.30. The minimum atomic E-state index is 0.00117. The average molecular weight is 526 g/mol. The first kappa shape index (κ1) is 28.0. The van der Waals surface area contributed by atoms with Crippen LogP contribution >= 0.6 is 0 Å². The van der Waals surface area contributed by atoms with E-state index >= 15 is 0 Å². The molecule has 4 rings (SSSR count). The molecule has 204 valence electrons. The second kappa shape index (κ2) is 13.7. The first-order valence-corrected chi connectivity index (χ1v) is 13.7. The number of allylic oxidation sites excluding steroid dienone is 1. The molecule has 0 aliphatic heterocycles. The van der Waals surface area contributed by atoms with Crippen molar-refractivity contribution in [3.63, 3.8) is 0 Å². The van der Waals surface area contributed by atoms with Gasteiger partial charge in [0.15, 0.2) is 11.5 Å². The van der Waals surface area contributed by atoms with Gasteiger partial charge in [-0.15, -0.1) is 6.58 Å². The van der Waals surface area contributed by atoms with Gasteiger partial charge in [0.25, 0.3) is 5.91 Å². The van der Waals surface area contributed by atoms with E-state index in [1.807, 2.05) is 68.5 Å². The van der Waals surface area contributed by atoms with E-state index in [0.29, 0.717) is 19.7 Å². The predicted molar refractivity (Wildman–Crippen MR) is 158 cm³/mol. The van der Waals surface area contributed by atoms with Crippen molar-refractivity contribution in [1.82, 2.24) is 14.9 Å². The molecular formula is C33H39N3O3. The van der Waals surface area contributed by atoms with Gasteiger partial charge in [-0.1, -0.05) is 48.4 Å². The summed E-state index contributed by atoms with van der Waals surface area (Å²) in [6, 6.07) is 20.2. The summed E-state index contributed by atoms with van der Waals surface area (Å²) >= 11 is 0. The van der Waals surface area contributed by atoms with E-state index in [0.717, 1.165) is 77.2 Å². The van der Waals surface area contributed by atoms with Crippen LogP contribution in [0.3, 0.4) is 0 Å². The number of carbonyl (C=O) groups is 1. The van der Waals surface area contributed by atoms with Crippen LogP contribution in [0.15, 0.2) is 73.3 Å². The Labute approximate surface area is 231 Å². The zero-order valence-electron chi connectivity index (χ0n) is 23.3. The number of benzene rings is 3. The molecule has 0 fully saturated rings. The number of unbranched alkanes of at least 4 members (excludes halogenated alkanes) is 2. The first-order valence-electron chi connectivity index (χ1n) is 13.7. The van der Waals surface area contributed by atoms with Crippen LogP contribution < -0.4 is 14.8 Å². The number of nitrogens with one attached hydrogen (secondary N) is 1. The molecule has 0 aliphatic rings. The fraction of sp³-hybridized carbons (Fsp3) is 0.333. The van der Waals surface area contributed by atoms with Crippen molar-refractivity contribution in [2.45, 2.75) is 52.5 Å². The third-order valence-electron chi connectivity index (χ3n) is 6.90. The summed E-state index contributed by atoms with van der Waals surface area (Å²) in [6.07, 6.45) is 6.49. The summed E-state index contributed by atoms with van der Waals surface area (Å²) in [5, 5.41) is 3.06. The first-order chi connectivity index (χ1) is 19.0. The molecule has 0 saturated carbocycles. The van der Waals surface area contributed by atoms with Crippen molar-refractivity contribution in [2.24, 2.45) is 0 Å².